The van der Waals surface area contributed by atoms with E-state index >= 15 is 0 Å². The molecule has 0 amide bonds. The predicted octanol–water partition coefficient (Wildman–Crippen LogP) is 1.54. The first-order valence-corrected chi connectivity index (χ1v) is 4.92. The summed E-state index contributed by atoms with van der Waals surface area (Å²) < 4.78 is 0. The van der Waals surface area contributed by atoms with Gasteiger partial charge in [0.15, 0.2) is 0 Å². The zero-order valence-electron chi connectivity index (χ0n) is 5.81. The Morgan fingerprint density at radius 2 is 2.10 bits per heavy atom. The van der Waals surface area contributed by atoms with Crippen molar-refractivity contribution < 1.29 is 5.11 Å². The predicted molar refractivity (Wildman–Crippen MR) is 42.0 cm³/mol. The van der Waals surface area contributed by atoms with E-state index in [0.29, 0.717) is 23.4 Å². The lowest BCUT2D eigenvalue weighted by molar-refractivity contribution is 0.264. The third-order valence-electron chi connectivity index (χ3n) is 3.93. The van der Waals surface area contributed by atoms with Crippen molar-refractivity contribution in [3.8, 4) is 0 Å². The Balaban J connectivity index is 1.80. The van der Waals surface area contributed by atoms with Crippen molar-refractivity contribution in [2.24, 2.45) is 16.7 Å². The molecular weight excluding hydrogens is 192 g/mol. The average Bonchev–Trinajstić information content (AvgIpc) is 2.77. The molecule has 3 aliphatic rings. The second-order valence-electron chi connectivity index (χ2n) is 4.24. The summed E-state index contributed by atoms with van der Waals surface area (Å²) in [6, 6.07) is 0. The standard InChI is InChI=1S/C8H11BrO/c9-6-2-8(6)4-7(8)1-5(7)3-10/h5-6,10H,1-4H2/t5-,6-,7-,8+/m0/s1. The Morgan fingerprint density at radius 1 is 1.40 bits per heavy atom. The molecule has 3 saturated carbocycles. The van der Waals surface area contributed by atoms with Crippen molar-refractivity contribution in [2.45, 2.75) is 24.1 Å². The molecule has 0 bridgehead atoms. The first kappa shape index (κ1) is 6.01. The Hall–Kier alpha value is 0.440. The van der Waals surface area contributed by atoms with Gasteiger partial charge in [0.1, 0.15) is 0 Å². The molecule has 0 aromatic rings. The average molecular weight is 203 g/mol. The van der Waals surface area contributed by atoms with E-state index in [1.807, 2.05) is 0 Å². The summed E-state index contributed by atoms with van der Waals surface area (Å²) in [6.45, 7) is 0.432. The van der Waals surface area contributed by atoms with Gasteiger partial charge in [0.25, 0.3) is 0 Å². The molecule has 3 aliphatic carbocycles. The lowest BCUT2D eigenvalue weighted by Gasteiger charge is -1.88. The Morgan fingerprint density at radius 3 is 2.40 bits per heavy atom. The first-order valence-electron chi connectivity index (χ1n) is 4.00. The third kappa shape index (κ3) is 0.418. The molecule has 0 unspecified atom stereocenters. The molecule has 4 atom stereocenters. The molecule has 3 rings (SSSR count). The number of fused-ring (bicyclic) bond motifs is 1. The minimum Gasteiger partial charge on any atom is -0.396 e. The molecule has 0 aliphatic heterocycles. The van der Waals surface area contributed by atoms with E-state index in [2.05, 4.69) is 15.9 Å². The van der Waals surface area contributed by atoms with Crippen molar-refractivity contribution in [3.63, 3.8) is 0 Å². The van der Waals surface area contributed by atoms with E-state index in [0.717, 1.165) is 4.83 Å². The highest BCUT2D eigenvalue weighted by Gasteiger charge is 2.87. The van der Waals surface area contributed by atoms with Crippen LogP contribution >= 0.6 is 15.9 Å². The van der Waals surface area contributed by atoms with E-state index in [1.165, 1.54) is 19.3 Å². The molecule has 1 nitrogen and oxygen atoms in total. The van der Waals surface area contributed by atoms with Crippen molar-refractivity contribution in [1.29, 1.82) is 0 Å². The van der Waals surface area contributed by atoms with Crippen LogP contribution in [0.1, 0.15) is 19.3 Å². The lowest BCUT2D eigenvalue weighted by atomic mass is 10.2. The fraction of sp³-hybridized carbons (Fsp3) is 1.00. The van der Waals surface area contributed by atoms with E-state index in [4.69, 9.17) is 5.11 Å². The minimum atomic E-state index is 0.432. The van der Waals surface area contributed by atoms with Gasteiger partial charge in [-0.15, -0.1) is 0 Å². The normalized spacial score (nSPS) is 69.0. The molecule has 2 heteroatoms. The topological polar surface area (TPSA) is 20.2 Å². The first-order chi connectivity index (χ1) is 4.75. The van der Waals surface area contributed by atoms with E-state index in [-0.39, 0.29) is 0 Å². The molecule has 2 spiro atoms. The van der Waals surface area contributed by atoms with Gasteiger partial charge in [-0.2, -0.15) is 0 Å². The second-order valence-corrected chi connectivity index (χ2v) is 5.35. The summed E-state index contributed by atoms with van der Waals surface area (Å²) in [5.74, 6) is 0.676. The number of rotatable bonds is 1. The number of hydrogen-bond acceptors (Lipinski definition) is 1. The van der Waals surface area contributed by atoms with Gasteiger partial charge >= 0.3 is 0 Å². The maximum atomic E-state index is 8.91. The van der Waals surface area contributed by atoms with Gasteiger partial charge in [0, 0.05) is 11.4 Å². The molecular formula is C8H11BrO. The van der Waals surface area contributed by atoms with Crippen LogP contribution in [0.2, 0.25) is 0 Å². The summed E-state index contributed by atoms with van der Waals surface area (Å²) >= 11 is 3.66. The smallest absolute Gasteiger partial charge is 0.0465 e. The maximum Gasteiger partial charge on any atom is 0.0465 e. The highest BCUT2D eigenvalue weighted by molar-refractivity contribution is 9.09. The Labute approximate surface area is 68.9 Å². The van der Waals surface area contributed by atoms with Gasteiger partial charge in [-0.3, -0.25) is 0 Å². The fourth-order valence-corrected chi connectivity index (χ4v) is 4.12. The number of halogens is 1. The van der Waals surface area contributed by atoms with Gasteiger partial charge in [-0.05, 0) is 36.0 Å². The van der Waals surface area contributed by atoms with E-state index < -0.39 is 0 Å². The van der Waals surface area contributed by atoms with Crippen LogP contribution in [0.4, 0.5) is 0 Å². The highest BCUT2D eigenvalue weighted by atomic mass is 79.9. The summed E-state index contributed by atoms with van der Waals surface area (Å²) in [5, 5.41) is 8.91. The third-order valence-corrected chi connectivity index (χ3v) is 5.13. The molecule has 1 N–H and O–H groups in total. The van der Waals surface area contributed by atoms with Crippen LogP contribution in [0.15, 0.2) is 0 Å². The van der Waals surface area contributed by atoms with Gasteiger partial charge in [0.05, 0.1) is 0 Å². The summed E-state index contributed by atoms with van der Waals surface area (Å²) in [6.07, 6.45) is 4.09. The molecule has 0 saturated heterocycles. The van der Waals surface area contributed by atoms with Crippen LogP contribution in [-0.2, 0) is 0 Å². The molecule has 0 aromatic heterocycles. The molecule has 0 heterocycles. The minimum absolute atomic E-state index is 0.432. The van der Waals surface area contributed by atoms with Crippen molar-refractivity contribution in [3.05, 3.63) is 0 Å². The van der Waals surface area contributed by atoms with E-state index in [1.54, 1.807) is 0 Å². The lowest BCUT2D eigenvalue weighted by Crippen LogP contribution is -1.91. The fourth-order valence-electron chi connectivity index (χ4n) is 2.92. The molecule has 10 heavy (non-hydrogen) atoms. The SMILES string of the molecule is OC[C@@H]1C[C@]12C[C@@]21C[C@@H]1Br. The summed E-state index contributed by atoms with van der Waals surface area (Å²) in [5.41, 5.74) is 1.34. The van der Waals surface area contributed by atoms with Crippen LogP contribution in [0.5, 0.6) is 0 Å². The van der Waals surface area contributed by atoms with Crippen LogP contribution in [0, 0.1) is 16.7 Å². The summed E-state index contributed by atoms with van der Waals surface area (Å²) in [4.78, 5) is 0.802. The second kappa shape index (κ2) is 1.34. The van der Waals surface area contributed by atoms with E-state index in [9.17, 15) is 0 Å². The van der Waals surface area contributed by atoms with Crippen molar-refractivity contribution >= 4 is 15.9 Å². The van der Waals surface area contributed by atoms with Crippen molar-refractivity contribution in [1.82, 2.24) is 0 Å². The van der Waals surface area contributed by atoms with Gasteiger partial charge in [-0.1, -0.05) is 15.9 Å². The van der Waals surface area contributed by atoms with Crippen molar-refractivity contribution in [2.75, 3.05) is 6.61 Å². The molecule has 3 fully saturated rings. The van der Waals surface area contributed by atoms with Crippen LogP contribution in [-0.4, -0.2) is 16.5 Å². The number of alkyl halides is 1. The molecule has 0 radical (unpaired) electrons. The number of aliphatic hydroxyl groups is 1. The highest BCUT2D eigenvalue weighted by Crippen LogP contribution is 2.92. The Bertz CT molecular complexity index is 205. The van der Waals surface area contributed by atoms with Crippen LogP contribution in [0.25, 0.3) is 0 Å². The van der Waals surface area contributed by atoms with Gasteiger partial charge in [-0.25, -0.2) is 0 Å². The van der Waals surface area contributed by atoms with Gasteiger partial charge in [0.2, 0.25) is 0 Å². The molecule has 0 aromatic carbocycles. The quantitative estimate of drug-likeness (QED) is 0.641. The maximum absolute atomic E-state index is 8.91. The Kier molecular flexibility index (Phi) is 0.803. The summed E-state index contributed by atoms with van der Waals surface area (Å²) in [7, 11) is 0. The monoisotopic (exact) mass is 202 g/mol. The zero-order chi connectivity index (χ0) is 6.98. The molecule has 56 valence electrons. The largest absolute Gasteiger partial charge is 0.396 e. The van der Waals surface area contributed by atoms with Gasteiger partial charge < -0.3 is 5.11 Å². The van der Waals surface area contributed by atoms with Crippen LogP contribution < -0.4 is 0 Å². The zero-order valence-corrected chi connectivity index (χ0v) is 7.39. The number of hydrogen-bond donors (Lipinski definition) is 1. The van der Waals surface area contributed by atoms with Crippen LogP contribution in [0.3, 0.4) is 0 Å². The number of aliphatic hydroxyl groups excluding tert-OH is 1.